The molecule has 1 aliphatic carbocycles. The van der Waals surface area contributed by atoms with Crippen molar-refractivity contribution in [2.24, 2.45) is 5.92 Å². The van der Waals surface area contributed by atoms with E-state index in [1.807, 2.05) is 19.1 Å². The van der Waals surface area contributed by atoms with Crippen LogP contribution in [0.4, 0.5) is 5.69 Å². The van der Waals surface area contributed by atoms with Crippen LogP contribution in [0.2, 0.25) is 0 Å². The molecule has 0 atom stereocenters. The van der Waals surface area contributed by atoms with E-state index in [-0.39, 0.29) is 5.56 Å². The van der Waals surface area contributed by atoms with Crippen molar-refractivity contribution in [2.75, 3.05) is 18.0 Å². The van der Waals surface area contributed by atoms with Crippen LogP contribution < -0.4 is 10.5 Å². The Morgan fingerprint density at radius 2 is 1.92 bits per heavy atom. The van der Waals surface area contributed by atoms with Gasteiger partial charge in [0.2, 0.25) is 0 Å². The summed E-state index contributed by atoms with van der Waals surface area (Å²) >= 11 is 0. The molecule has 0 amide bonds. The molecule has 0 radical (unpaired) electrons. The van der Waals surface area contributed by atoms with Gasteiger partial charge in [0.25, 0.3) is 5.56 Å². The molecule has 1 saturated heterocycles. The van der Waals surface area contributed by atoms with Gasteiger partial charge in [-0.15, -0.1) is 0 Å². The number of nitrogens with zero attached hydrogens (tertiary/aromatic N) is 4. The minimum atomic E-state index is 0.0121. The molecule has 5 heteroatoms. The van der Waals surface area contributed by atoms with Crippen LogP contribution in [0.5, 0.6) is 0 Å². The lowest BCUT2D eigenvalue weighted by Gasteiger charge is -2.41. The Bertz CT molecular complexity index is 1030. The molecule has 1 saturated carbocycles. The van der Waals surface area contributed by atoms with E-state index in [1.165, 1.54) is 23.9 Å². The van der Waals surface area contributed by atoms with Crippen LogP contribution >= 0.6 is 0 Å². The van der Waals surface area contributed by atoms with Crippen LogP contribution in [0.1, 0.15) is 30.1 Å². The summed E-state index contributed by atoms with van der Waals surface area (Å²) in [6, 6.07) is 14.0. The predicted molar refractivity (Wildman–Crippen MR) is 103 cm³/mol. The lowest BCUT2D eigenvalue weighted by Crippen LogP contribution is -2.49. The van der Waals surface area contributed by atoms with Crippen LogP contribution in [-0.2, 0) is 6.54 Å². The minimum absolute atomic E-state index is 0.0121. The molecule has 3 aromatic rings. The van der Waals surface area contributed by atoms with Gasteiger partial charge in [0.15, 0.2) is 0 Å². The van der Waals surface area contributed by atoms with E-state index in [9.17, 15) is 4.79 Å². The molecule has 0 bridgehead atoms. The molecule has 1 aromatic carbocycles. The van der Waals surface area contributed by atoms with E-state index in [0.29, 0.717) is 18.4 Å². The van der Waals surface area contributed by atoms with Crippen molar-refractivity contribution in [3.63, 3.8) is 0 Å². The largest absolute Gasteiger partial charge is 0.370 e. The van der Waals surface area contributed by atoms with Gasteiger partial charge in [0, 0.05) is 47.8 Å². The first-order chi connectivity index (χ1) is 12.7. The molecular weight excluding hydrogens is 324 g/mol. The number of benzene rings is 1. The highest BCUT2D eigenvalue weighted by molar-refractivity contribution is 5.92. The van der Waals surface area contributed by atoms with Crippen molar-refractivity contribution in [1.82, 2.24) is 14.8 Å². The molecule has 2 fully saturated rings. The number of hydrogen-bond acceptors (Lipinski definition) is 4. The summed E-state index contributed by atoms with van der Waals surface area (Å²) in [4.78, 5) is 19.2. The van der Waals surface area contributed by atoms with E-state index in [2.05, 4.69) is 39.2 Å². The Morgan fingerprint density at radius 3 is 2.73 bits per heavy atom. The first-order valence-electron chi connectivity index (χ1n) is 9.37. The number of fused-ring (bicyclic) bond motifs is 1. The van der Waals surface area contributed by atoms with Gasteiger partial charge in [-0.05, 0) is 38.0 Å². The van der Waals surface area contributed by atoms with E-state index < -0.39 is 0 Å². The standard InChI is InChI=1S/C21H22N4O/c1-14-10-20(17-4-2-3-5-19(17)22-14)24-11-15(12-24)13-25-21(26)9-8-18(23-25)16-6-7-16/h2-5,8-10,15-16H,6-7,11-13H2,1H3. The van der Waals surface area contributed by atoms with Crippen molar-refractivity contribution < 1.29 is 0 Å². The molecule has 0 unspecified atom stereocenters. The smallest absolute Gasteiger partial charge is 0.266 e. The first kappa shape index (κ1) is 15.6. The molecule has 3 heterocycles. The summed E-state index contributed by atoms with van der Waals surface area (Å²) in [5.41, 5.74) is 4.42. The summed E-state index contributed by atoms with van der Waals surface area (Å²) < 4.78 is 1.67. The number of aryl methyl sites for hydroxylation is 1. The minimum Gasteiger partial charge on any atom is -0.370 e. The van der Waals surface area contributed by atoms with Crippen molar-refractivity contribution >= 4 is 16.6 Å². The van der Waals surface area contributed by atoms with Crippen LogP contribution in [-0.4, -0.2) is 27.9 Å². The van der Waals surface area contributed by atoms with Gasteiger partial charge in [-0.2, -0.15) is 5.10 Å². The zero-order chi connectivity index (χ0) is 17.7. The molecule has 1 aliphatic heterocycles. The monoisotopic (exact) mass is 346 g/mol. The fraction of sp³-hybridized carbons (Fsp3) is 0.381. The third kappa shape index (κ3) is 2.77. The summed E-state index contributed by atoms with van der Waals surface area (Å²) in [5, 5.41) is 5.79. The van der Waals surface area contributed by atoms with Crippen LogP contribution in [0.25, 0.3) is 10.9 Å². The number of para-hydroxylation sites is 1. The molecule has 132 valence electrons. The highest BCUT2D eigenvalue weighted by Crippen LogP contribution is 2.38. The summed E-state index contributed by atoms with van der Waals surface area (Å²) in [7, 11) is 0. The molecular formula is C21H22N4O. The second-order valence-corrected chi connectivity index (χ2v) is 7.62. The van der Waals surface area contributed by atoms with Gasteiger partial charge in [-0.1, -0.05) is 18.2 Å². The van der Waals surface area contributed by atoms with E-state index >= 15 is 0 Å². The zero-order valence-corrected chi connectivity index (χ0v) is 14.9. The normalized spacial score (nSPS) is 17.5. The Morgan fingerprint density at radius 1 is 1.12 bits per heavy atom. The Hall–Kier alpha value is -2.69. The Kier molecular flexibility index (Phi) is 3.55. The van der Waals surface area contributed by atoms with Crippen molar-refractivity contribution in [3.05, 3.63) is 64.2 Å². The van der Waals surface area contributed by atoms with E-state index in [1.54, 1.807) is 10.7 Å². The molecule has 26 heavy (non-hydrogen) atoms. The summed E-state index contributed by atoms with van der Waals surface area (Å²) in [5.74, 6) is 1.03. The molecule has 5 nitrogen and oxygen atoms in total. The van der Waals surface area contributed by atoms with Crippen LogP contribution in [0.15, 0.2) is 47.3 Å². The summed E-state index contributed by atoms with van der Waals surface area (Å²) in [6.45, 7) is 4.66. The lowest BCUT2D eigenvalue weighted by molar-refractivity contribution is 0.333. The van der Waals surface area contributed by atoms with Crippen LogP contribution in [0, 0.1) is 12.8 Å². The highest BCUT2D eigenvalue weighted by Gasteiger charge is 2.30. The first-order valence-corrected chi connectivity index (χ1v) is 9.37. The molecule has 2 aliphatic rings. The van der Waals surface area contributed by atoms with Gasteiger partial charge < -0.3 is 4.90 Å². The SMILES string of the molecule is Cc1cc(N2CC(Cn3nc(C4CC4)ccc3=O)C2)c2ccccc2n1. The third-order valence-corrected chi connectivity index (χ3v) is 5.43. The predicted octanol–water partition coefficient (Wildman–Crippen LogP) is 3.11. The van der Waals surface area contributed by atoms with Gasteiger partial charge in [-0.25, -0.2) is 4.68 Å². The maximum Gasteiger partial charge on any atom is 0.266 e. The fourth-order valence-corrected chi connectivity index (χ4v) is 3.87. The Balaban J connectivity index is 1.34. The second kappa shape index (κ2) is 5.94. The topological polar surface area (TPSA) is 51.0 Å². The number of pyridine rings is 1. The van der Waals surface area contributed by atoms with Gasteiger partial charge in [0.05, 0.1) is 17.8 Å². The van der Waals surface area contributed by atoms with E-state index in [4.69, 9.17) is 0 Å². The van der Waals surface area contributed by atoms with Gasteiger partial charge in [-0.3, -0.25) is 9.78 Å². The van der Waals surface area contributed by atoms with Crippen molar-refractivity contribution in [3.8, 4) is 0 Å². The van der Waals surface area contributed by atoms with Crippen LogP contribution in [0.3, 0.4) is 0 Å². The maximum atomic E-state index is 12.1. The van der Waals surface area contributed by atoms with Gasteiger partial charge in [0.1, 0.15) is 0 Å². The van der Waals surface area contributed by atoms with Crippen molar-refractivity contribution in [1.29, 1.82) is 0 Å². The molecule has 2 aromatic heterocycles. The molecule has 5 rings (SSSR count). The van der Waals surface area contributed by atoms with Crippen molar-refractivity contribution in [2.45, 2.75) is 32.2 Å². The molecule has 0 spiro atoms. The number of aromatic nitrogens is 3. The fourth-order valence-electron chi connectivity index (χ4n) is 3.87. The van der Waals surface area contributed by atoms with E-state index in [0.717, 1.165) is 30.0 Å². The Labute approximate surface area is 152 Å². The number of anilines is 1. The molecule has 0 N–H and O–H groups in total. The quantitative estimate of drug-likeness (QED) is 0.728. The average molecular weight is 346 g/mol. The second-order valence-electron chi connectivity index (χ2n) is 7.62. The average Bonchev–Trinajstić information content (AvgIpc) is 3.43. The van der Waals surface area contributed by atoms with Gasteiger partial charge >= 0.3 is 0 Å². The number of hydrogen-bond donors (Lipinski definition) is 0. The number of rotatable bonds is 4. The zero-order valence-electron chi connectivity index (χ0n) is 14.9. The highest BCUT2D eigenvalue weighted by atomic mass is 16.1. The summed E-state index contributed by atoms with van der Waals surface area (Å²) in [6.07, 6.45) is 2.41. The lowest BCUT2D eigenvalue weighted by atomic mass is 9.98. The maximum absolute atomic E-state index is 12.1. The third-order valence-electron chi connectivity index (χ3n) is 5.43.